The number of imidazole rings is 1. The van der Waals surface area contributed by atoms with Crippen LogP contribution in [0.25, 0.3) is 0 Å². The maximum Gasteiger partial charge on any atom is 0.270 e. The zero-order chi connectivity index (χ0) is 14.9. The Morgan fingerprint density at radius 3 is 3.09 bits per heavy atom. The van der Waals surface area contributed by atoms with E-state index in [1.54, 1.807) is 23.3 Å². The Bertz CT molecular complexity index is 772. The summed E-state index contributed by atoms with van der Waals surface area (Å²) in [7, 11) is 0. The van der Waals surface area contributed by atoms with Gasteiger partial charge in [-0.3, -0.25) is 4.79 Å². The van der Waals surface area contributed by atoms with Gasteiger partial charge >= 0.3 is 0 Å². The molecule has 0 saturated carbocycles. The first-order valence-electron chi connectivity index (χ1n) is 7.09. The van der Waals surface area contributed by atoms with E-state index in [0.29, 0.717) is 25.3 Å². The van der Waals surface area contributed by atoms with Gasteiger partial charge in [-0.05, 0) is 12.1 Å². The lowest BCUT2D eigenvalue weighted by molar-refractivity contribution is 0.0702. The summed E-state index contributed by atoms with van der Waals surface area (Å²) in [4.78, 5) is 25.7. The van der Waals surface area contributed by atoms with Gasteiger partial charge in [-0.25, -0.2) is 14.6 Å². The summed E-state index contributed by atoms with van der Waals surface area (Å²) in [5, 5.41) is 4.08. The number of H-pyrrole nitrogens is 1. The van der Waals surface area contributed by atoms with Gasteiger partial charge in [-0.15, -0.1) is 0 Å². The van der Waals surface area contributed by atoms with Gasteiger partial charge in [0.1, 0.15) is 24.2 Å². The number of nitrogens with zero attached hydrogens (tertiary/aromatic N) is 6. The first-order chi connectivity index (χ1) is 10.8. The van der Waals surface area contributed by atoms with E-state index in [4.69, 9.17) is 0 Å². The molecular formula is C14H15N7O. The van der Waals surface area contributed by atoms with E-state index in [1.165, 1.54) is 6.33 Å². The molecule has 8 heteroatoms. The third-order valence-corrected chi connectivity index (χ3v) is 3.76. The van der Waals surface area contributed by atoms with Crippen molar-refractivity contribution in [2.75, 3.05) is 6.54 Å². The molecule has 1 amide bonds. The van der Waals surface area contributed by atoms with Gasteiger partial charge in [0.25, 0.3) is 5.91 Å². The molecule has 0 saturated heterocycles. The second-order valence-corrected chi connectivity index (χ2v) is 5.25. The predicted octanol–water partition coefficient (Wildman–Crippen LogP) is 0.507. The number of rotatable bonds is 3. The highest BCUT2D eigenvalue weighted by molar-refractivity contribution is 5.92. The lowest BCUT2D eigenvalue weighted by atomic mass is 10.3. The molecule has 0 aliphatic carbocycles. The second-order valence-electron chi connectivity index (χ2n) is 5.25. The Morgan fingerprint density at radius 2 is 2.32 bits per heavy atom. The summed E-state index contributed by atoms with van der Waals surface area (Å²) >= 11 is 0. The molecule has 1 aliphatic rings. The lowest BCUT2D eigenvalue weighted by Crippen LogP contribution is -2.38. The van der Waals surface area contributed by atoms with Crippen LogP contribution < -0.4 is 0 Å². The number of aromatic amines is 1. The van der Waals surface area contributed by atoms with Gasteiger partial charge < -0.3 is 14.5 Å². The molecule has 4 heterocycles. The summed E-state index contributed by atoms with van der Waals surface area (Å²) < 4.78 is 3.83. The van der Waals surface area contributed by atoms with E-state index in [1.807, 2.05) is 17.2 Å². The minimum atomic E-state index is 0.0112. The van der Waals surface area contributed by atoms with Crippen molar-refractivity contribution in [3.05, 3.63) is 54.4 Å². The monoisotopic (exact) mass is 297 g/mol. The molecule has 112 valence electrons. The van der Waals surface area contributed by atoms with Crippen LogP contribution in [0, 0.1) is 0 Å². The van der Waals surface area contributed by atoms with E-state index in [-0.39, 0.29) is 5.91 Å². The summed E-state index contributed by atoms with van der Waals surface area (Å²) in [5.74, 6) is 0.915. The van der Waals surface area contributed by atoms with Crippen LogP contribution in [0.1, 0.15) is 22.0 Å². The highest BCUT2D eigenvalue weighted by Gasteiger charge is 2.23. The van der Waals surface area contributed by atoms with E-state index >= 15 is 0 Å². The van der Waals surface area contributed by atoms with Crippen molar-refractivity contribution in [1.82, 2.24) is 34.2 Å². The lowest BCUT2D eigenvalue weighted by Gasteiger charge is -2.27. The molecule has 4 rings (SSSR count). The standard InChI is InChI=1S/C14H15N7O/c22-14(12-2-1-3-16-12)20-5-4-19-6-11(18-13(19)8-20)7-21-10-15-9-17-21/h1-3,6,9-10,16H,4-5,7-8H2. The summed E-state index contributed by atoms with van der Waals surface area (Å²) in [6.07, 6.45) is 6.95. The zero-order valence-electron chi connectivity index (χ0n) is 11.9. The number of amides is 1. The molecular weight excluding hydrogens is 282 g/mol. The Kier molecular flexibility index (Phi) is 2.99. The van der Waals surface area contributed by atoms with Gasteiger partial charge in [-0.1, -0.05) is 0 Å². The average Bonchev–Trinajstić information content (AvgIpc) is 3.27. The molecule has 0 fully saturated rings. The Balaban J connectivity index is 1.51. The van der Waals surface area contributed by atoms with Crippen LogP contribution in [-0.2, 0) is 19.6 Å². The minimum absolute atomic E-state index is 0.0112. The Hall–Kier alpha value is -2.90. The predicted molar refractivity (Wildman–Crippen MR) is 76.9 cm³/mol. The van der Waals surface area contributed by atoms with Gasteiger partial charge in [0.15, 0.2) is 0 Å². The molecule has 1 aliphatic heterocycles. The highest BCUT2D eigenvalue weighted by Crippen LogP contribution is 2.15. The molecule has 0 atom stereocenters. The first-order valence-corrected chi connectivity index (χ1v) is 7.09. The number of nitrogens with one attached hydrogen (secondary N) is 1. The summed E-state index contributed by atoms with van der Waals surface area (Å²) in [6, 6.07) is 3.62. The summed E-state index contributed by atoms with van der Waals surface area (Å²) in [5.41, 5.74) is 1.54. The van der Waals surface area contributed by atoms with E-state index in [0.717, 1.165) is 18.1 Å². The minimum Gasteiger partial charge on any atom is -0.357 e. The van der Waals surface area contributed by atoms with Crippen molar-refractivity contribution in [3.8, 4) is 0 Å². The van der Waals surface area contributed by atoms with Crippen molar-refractivity contribution in [3.63, 3.8) is 0 Å². The van der Waals surface area contributed by atoms with Crippen molar-refractivity contribution in [2.45, 2.75) is 19.6 Å². The highest BCUT2D eigenvalue weighted by atomic mass is 16.2. The molecule has 0 radical (unpaired) electrons. The average molecular weight is 297 g/mol. The van der Waals surface area contributed by atoms with Crippen LogP contribution in [0.5, 0.6) is 0 Å². The van der Waals surface area contributed by atoms with Crippen LogP contribution in [0.4, 0.5) is 0 Å². The van der Waals surface area contributed by atoms with E-state index < -0.39 is 0 Å². The first kappa shape index (κ1) is 12.8. The topological polar surface area (TPSA) is 84.6 Å². The number of fused-ring (bicyclic) bond motifs is 1. The molecule has 3 aromatic rings. The van der Waals surface area contributed by atoms with Crippen molar-refractivity contribution < 1.29 is 4.79 Å². The fourth-order valence-corrected chi connectivity index (χ4v) is 2.67. The van der Waals surface area contributed by atoms with Gasteiger partial charge in [-0.2, -0.15) is 5.10 Å². The maximum absolute atomic E-state index is 12.4. The normalized spacial score (nSPS) is 14.1. The Labute approximate surface area is 126 Å². The molecule has 8 nitrogen and oxygen atoms in total. The molecule has 0 spiro atoms. The van der Waals surface area contributed by atoms with Gasteiger partial charge in [0.05, 0.1) is 18.8 Å². The number of carbonyl (C=O) groups excluding carboxylic acids is 1. The zero-order valence-corrected chi connectivity index (χ0v) is 11.9. The Morgan fingerprint density at radius 1 is 1.36 bits per heavy atom. The van der Waals surface area contributed by atoms with Crippen LogP contribution in [0.15, 0.2) is 37.2 Å². The maximum atomic E-state index is 12.4. The fourth-order valence-electron chi connectivity index (χ4n) is 2.67. The molecule has 0 bridgehead atoms. The SMILES string of the molecule is O=C(c1ccc[nH]1)N1CCn2cc(Cn3cncn3)nc2C1. The fraction of sp³-hybridized carbons (Fsp3) is 0.286. The third-order valence-electron chi connectivity index (χ3n) is 3.76. The number of hydrogen-bond donors (Lipinski definition) is 1. The van der Waals surface area contributed by atoms with Crippen LogP contribution in [0.2, 0.25) is 0 Å². The molecule has 0 aromatic carbocycles. The number of aromatic nitrogens is 6. The number of hydrogen-bond acceptors (Lipinski definition) is 4. The largest absolute Gasteiger partial charge is 0.357 e. The number of carbonyl (C=O) groups is 1. The van der Waals surface area contributed by atoms with Crippen LogP contribution in [0.3, 0.4) is 0 Å². The third kappa shape index (κ3) is 2.28. The van der Waals surface area contributed by atoms with Crippen LogP contribution in [-0.4, -0.2) is 46.7 Å². The summed E-state index contributed by atoms with van der Waals surface area (Å²) in [6.45, 7) is 2.55. The van der Waals surface area contributed by atoms with Crippen molar-refractivity contribution in [2.24, 2.45) is 0 Å². The molecule has 3 aromatic heterocycles. The van der Waals surface area contributed by atoms with Crippen LogP contribution >= 0.6 is 0 Å². The smallest absolute Gasteiger partial charge is 0.270 e. The van der Waals surface area contributed by atoms with Gasteiger partial charge in [0, 0.05) is 25.5 Å². The van der Waals surface area contributed by atoms with E-state index in [9.17, 15) is 4.79 Å². The van der Waals surface area contributed by atoms with Gasteiger partial charge in [0.2, 0.25) is 0 Å². The molecule has 22 heavy (non-hydrogen) atoms. The quantitative estimate of drug-likeness (QED) is 0.763. The molecule has 0 unspecified atom stereocenters. The molecule has 1 N–H and O–H groups in total. The second kappa shape index (κ2) is 5.14. The van der Waals surface area contributed by atoms with E-state index in [2.05, 4.69) is 24.6 Å². The van der Waals surface area contributed by atoms with Crippen molar-refractivity contribution in [1.29, 1.82) is 0 Å². The van der Waals surface area contributed by atoms with Crippen molar-refractivity contribution >= 4 is 5.91 Å².